The quantitative estimate of drug-likeness (QED) is 0.238. The van der Waals surface area contributed by atoms with Crippen LogP contribution in [0.3, 0.4) is 0 Å². The van der Waals surface area contributed by atoms with Crippen molar-refractivity contribution in [2.45, 2.75) is 0 Å². The van der Waals surface area contributed by atoms with Gasteiger partial charge in [-0.05, 0) is 54.2 Å². The van der Waals surface area contributed by atoms with Gasteiger partial charge >= 0.3 is 0 Å². The Hall–Kier alpha value is -3.95. The fourth-order valence-corrected chi connectivity index (χ4v) is 5.10. The molecule has 0 N–H and O–H groups in total. The van der Waals surface area contributed by atoms with E-state index in [2.05, 4.69) is 16.6 Å². The first-order chi connectivity index (χ1) is 17.2. The number of hydrogen-bond donors (Lipinski definition) is 0. The predicted molar refractivity (Wildman–Crippen MR) is 142 cm³/mol. The average molecular weight is 500 g/mol. The summed E-state index contributed by atoms with van der Waals surface area (Å²) in [5.41, 5.74) is 3.43. The van der Waals surface area contributed by atoms with Crippen LogP contribution in [0.25, 0.3) is 23.0 Å². The summed E-state index contributed by atoms with van der Waals surface area (Å²) < 4.78 is 7.13. The number of thioether (sulfide) groups is 1. The summed E-state index contributed by atoms with van der Waals surface area (Å²) in [5.74, 6) is 0.638. The minimum absolute atomic E-state index is 0.127. The van der Waals surface area contributed by atoms with E-state index in [1.165, 1.54) is 23.1 Å². The van der Waals surface area contributed by atoms with Crippen molar-refractivity contribution in [1.82, 2.24) is 19.7 Å². The standard InChI is InChI=1S/C26H21N5O2S2/c1-3-14-30-24(32)22(35-26(30)28-25-27-13-15-34-25)16-19-17-31(20-7-5-4-6-8-20)29-23(19)18-9-11-21(33-2)12-10-18/h3-13,15-17H,1,14H2,2H3/b22-16+,28-26+. The number of aliphatic imine (C=N–C) groups is 1. The number of thiazole rings is 1. The van der Waals surface area contributed by atoms with E-state index in [0.29, 0.717) is 21.7 Å². The minimum atomic E-state index is -0.127. The van der Waals surface area contributed by atoms with Crippen LogP contribution >= 0.6 is 23.1 Å². The van der Waals surface area contributed by atoms with E-state index >= 15 is 0 Å². The van der Waals surface area contributed by atoms with Crippen molar-refractivity contribution in [2.24, 2.45) is 4.99 Å². The summed E-state index contributed by atoms with van der Waals surface area (Å²) in [6.45, 7) is 4.15. The molecular formula is C26H21N5O2S2. The second-order valence-electron chi connectivity index (χ2n) is 7.47. The lowest BCUT2D eigenvalue weighted by Crippen LogP contribution is -2.29. The smallest absolute Gasteiger partial charge is 0.267 e. The molecular weight excluding hydrogens is 478 g/mol. The number of carbonyl (C=O) groups is 1. The van der Waals surface area contributed by atoms with Crippen LogP contribution in [0.15, 0.2) is 94.9 Å². The number of benzene rings is 2. The van der Waals surface area contributed by atoms with Gasteiger partial charge in [0.1, 0.15) is 5.75 Å². The Bertz CT molecular complexity index is 1410. The number of hydrogen-bond acceptors (Lipinski definition) is 7. The third-order valence-corrected chi connectivity index (χ3v) is 6.90. The fourth-order valence-electron chi connectivity index (χ4n) is 3.55. The maximum absolute atomic E-state index is 13.3. The molecule has 0 saturated carbocycles. The number of carbonyl (C=O) groups excluding carboxylic acids is 1. The molecule has 0 radical (unpaired) electrons. The van der Waals surface area contributed by atoms with Gasteiger partial charge in [-0.1, -0.05) is 24.3 Å². The molecule has 4 aromatic rings. The van der Waals surface area contributed by atoms with Crippen molar-refractivity contribution in [3.05, 3.63) is 95.5 Å². The number of ether oxygens (including phenoxy) is 1. The van der Waals surface area contributed by atoms with E-state index in [1.54, 1.807) is 24.3 Å². The van der Waals surface area contributed by atoms with Crippen LogP contribution in [0.5, 0.6) is 5.75 Å². The third-order valence-electron chi connectivity index (χ3n) is 5.22. The molecule has 2 aromatic heterocycles. The number of rotatable bonds is 7. The lowest BCUT2D eigenvalue weighted by Gasteiger charge is -2.11. The van der Waals surface area contributed by atoms with Gasteiger partial charge in [0.2, 0.25) is 5.13 Å². The van der Waals surface area contributed by atoms with Crippen molar-refractivity contribution in [1.29, 1.82) is 0 Å². The Balaban J connectivity index is 1.58. The SMILES string of the molecule is C=CCN1C(=O)/C(=C\c2cn(-c3ccccc3)nc2-c2ccc(OC)cc2)S/C1=N/c1nccs1. The Kier molecular flexibility index (Phi) is 6.60. The minimum Gasteiger partial charge on any atom is -0.497 e. The molecule has 5 rings (SSSR count). The molecule has 1 aliphatic heterocycles. The van der Waals surface area contributed by atoms with Crippen LogP contribution in [0.2, 0.25) is 0 Å². The first kappa shape index (κ1) is 22.8. The van der Waals surface area contributed by atoms with Gasteiger partial charge in [-0.15, -0.1) is 17.9 Å². The second-order valence-corrected chi connectivity index (χ2v) is 9.35. The molecule has 0 bridgehead atoms. The first-order valence-electron chi connectivity index (χ1n) is 10.8. The summed E-state index contributed by atoms with van der Waals surface area (Å²) in [6.07, 6.45) is 7.19. The van der Waals surface area contributed by atoms with E-state index in [1.807, 2.05) is 76.9 Å². The van der Waals surface area contributed by atoms with Crippen LogP contribution in [0.4, 0.5) is 5.13 Å². The first-order valence-corrected chi connectivity index (χ1v) is 12.5. The van der Waals surface area contributed by atoms with E-state index < -0.39 is 0 Å². The van der Waals surface area contributed by atoms with Gasteiger partial charge in [0, 0.05) is 35.4 Å². The largest absolute Gasteiger partial charge is 0.497 e. The normalized spacial score (nSPS) is 15.8. The Morgan fingerprint density at radius 1 is 1.14 bits per heavy atom. The topological polar surface area (TPSA) is 72.6 Å². The molecule has 1 amide bonds. The Morgan fingerprint density at radius 2 is 1.94 bits per heavy atom. The summed E-state index contributed by atoms with van der Waals surface area (Å²) in [5, 5.41) is 7.89. The van der Waals surface area contributed by atoms with Crippen molar-refractivity contribution in [3.8, 4) is 22.7 Å². The van der Waals surface area contributed by atoms with Gasteiger partial charge in [-0.3, -0.25) is 9.69 Å². The number of para-hydroxylation sites is 1. The molecule has 174 valence electrons. The molecule has 3 heterocycles. The molecule has 35 heavy (non-hydrogen) atoms. The lowest BCUT2D eigenvalue weighted by molar-refractivity contribution is -0.121. The highest BCUT2D eigenvalue weighted by Gasteiger charge is 2.33. The lowest BCUT2D eigenvalue weighted by atomic mass is 10.1. The Labute approximate surface area is 211 Å². The molecule has 7 nitrogen and oxygen atoms in total. The number of nitrogens with zero attached hydrogens (tertiary/aromatic N) is 5. The van der Waals surface area contributed by atoms with Crippen LogP contribution in [-0.2, 0) is 4.79 Å². The molecule has 1 saturated heterocycles. The number of amidine groups is 1. The zero-order chi connectivity index (χ0) is 24.2. The van der Waals surface area contributed by atoms with Crippen molar-refractivity contribution < 1.29 is 9.53 Å². The third kappa shape index (κ3) is 4.82. The maximum Gasteiger partial charge on any atom is 0.267 e. The van der Waals surface area contributed by atoms with Gasteiger partial charge in [0.05, 0.1) is 23.4 Å². The molecule has 1 fully saturated rings. The number of aromatic nitrogens is 3. The van der Waals surface area contributed by atoms with Gasteiger partial charge in [-0.2, -0.15) is 10.1 Å². The molecule has 0 spiro atoms. The average Bonchev–Trinajstić information content (AvgIpc) is 3.62. The van der Waals surface area contributed by atoms with E-state index in [-0.39, 0.29) is 5.91 Å². The second kappa shape index (κ2) is 10.1. The van der Waals surface area contributed by atoms with E-state index in [9.17, 15) is 4.79 Å². The fraction of sp³-hybridized carbons (Fsp3) is 0.0769. The van der Waals surface area contributed by atoms with Crippen molar-refractivity contribution in [2.75, 3.05) is 13.7 Å². The molecule has 9 heteroatoms. The zero-order valence-corrected chi connectivity index (χ0v) is 20.5. The van der Waals surface area contributed by atoms with E-state index in [0.717, 1.165) is 28.3 Å². The highest BCUT2D eigenvalue weighted by molar-refractivity contribution is 8.18. The van der Waals surface area contributed by atoms with Crippen LogP contribution < -0.4 is 4.74 Å². The molecule has 0 aliphatic carbocycles. The summed E-state index contributed by atoms with van der Waals surface area (Å²) in [6, 6.07) is 17.6. The summed E-state index contributed by atoms with van der Waals surface area (Å²) in [7, 11) is 1.64. The van der Waals surface area contributed by atoms with Crippen LogP contribution in [-0.4, -0.2) is 44.4 Å². The van der Waals surface area contributed by atoms with Gasteiger partial charge in [0.25, 0.3) is 5.91 Å². The molecule has 0 atom stereocenters. The summed E-state index contributed by atoms with van der Waals surface area (Å²) >= 11 is 2.75. The molecule has 0 unspecified atom stereocenters. The van der Waals surface area contributed by atoms with Crippen LogP contribution in [0, 0.1) is 0 Å². The summed E-state index contributed by atoms with van der Waals surface area (Å²) in [4.78, 5) is 24.3. The highest BCUT2D eigenvalue weighted by Crippen LogP contribution is 2.36. The predicted octanol–water partition coefficient (Wildman–Crippen LogP) is 5.79. The number of methoxy groups -OCH3 is 1. The van der Waals surface area contributed by atoms with E-state index in [4.69, 9.17) is 9.84 Å². The highest BCUT2D eigenvalue weighted by atomic mass is 32.2. The molecule has 2 aromatic carbocycles. The van der Waals surface area contributed by atoms with Gasteiger partial charge < -0.3 is 4.74 Å². The van der Waals surface area contributed by atoms with Gasteiger partial charge in [0.15, 0.2) is 5.17 Å². The Morgan fingerprint density at radius 3 is 2.63 bits per heavy atom. The van der Waals surface area contributed by atoms with Crippen LogP contribution in [0.1, 0.15) is 5.56 Å². The zero-order valence-electron chi connectivity index (χ0n) is 18.9. The molecule has 1 aliphatic rings. The monoisotopic (exact) mass is 499 g/mol. The van der Waals surface area contributed by atoms with Gasteiger partial charge in [-0.25, -0.2) is 9.67 Å². The number of amides is 1. The van der Waals surface area contributed by atoms with Crippen molar-refractivity contribution in [3.63, 3.8) is 0 Å². The maximum atomic E-state index is 13.3. The van der Waals surface area contributed by atoms with Crippen molar-refractivity contribution >= 4 is 45.4 Å².